The van der Waals surface area contributed by atoms with Gasteiger partial charge in [0.1, 0.15) is 5.82 Å². The summed E-state index contributed by atoms with van der Waals surface area (Å²) in [6.45, 7) is 5.67. The average molecular weight is 365 g/mol. The first kappa shape index (κ1) is 17.8. The van der Waals surface area contributed by atoms with Gasteiger partial charge in [0, 0.05) is 44.0 Å². The fourth-order valence-electron chi connectivity index (χ4n) is 3.81. The summed E-state index contributed by atoms with van der Waals surface area (Å²) in [7, 11) is 0. The third-order valence-electron chi connectivity index (χ3n) is 5.46. The van der Waals surface area contributed by atoms with E-state index in [1.807, 2.05) is 48.4 Å². The van der Waals surface area contributed by atoms with Crippen LogP contribution in [0.25, 0.3) is 0 Å². The van der Waals surface area contributed by atoms with E-state index >= 15 is 0 Å². The van der Waals surface area contributed by atoms with E-state index < -0.39 is 0 Å². The Labute approximate surface area is 160 Å². The average Bonchev–Trinajstić information content (AvgIpc) is 3.24. The molecular formula is C21H27N5O. The second-order valence-corrected chi connectivity index (χ2v) is 7.51. The Hall–Kier alpha value is -2.63. The molecule has 2 aliphatic heterocycles. The van der Waals surface area contributed by atoms with E-state index in [1.54, 1.807) is 0 Å². The van der Waals surface area contributed by atoms with Crippen LogP contribution in [0.1, 0.15) is 41.6 Å². The molecule has 3 heterocycles. The van der Waals surface area contributed by atoms with Crippen LogP contribution in [-0.4, -0.2) is 53.0 Å². The van der Waals surface area contributed by atoms with E-state index in [9.17, 15) is 4.79 Å². The number of carbonyl (C=O) groups excluding carboxylic acids is 1. The number of amides is 1. The van der Waals surface area contributed by atoms with E-state index in [2.05, 4.69) is 20.2 Å². The van der Waals surface area contributed by atoms with Crippen molar-refractivity contribution in [1.29, 1.82) is 0 Å². The van der Waals surface area contributed by atoms with Crippen molar-refractivity contribution in [3.05, 3.63) is 47.7 Å². The van der Waals surface area contributed by atoms with E-state index in [-0.39, 0.29) is 5.91 Å². The molecule has 6 nitrogen and oxygen atoms in total. The highest BCUT2D eigenvalue weighted by atomic mass is 16.2. The number of piperidine rings is 1. The SMILES string of the molecule is Cc1ccc(C(=O)N2CCC(Nc3ccnc(N4CCCC4)n3)CC2)cc1. The molecule has 1 aromatic carbocycles. The van der Waals surface area contributed by atoms with Gasteiger partial charge in [0.05, 0.1) is 0 Å². The highest BCUT2D eigenvalue weighted by molar-refractivity contribution is 5.94. The number of rotatable bonds is 4. The summed E-state index contributed by atoms with van der Waals surface area (Å²) in [5.74, 6) is 1.84. The largest absolute Gasteiger partial charge is 0.367 e. The van der Waals surface area contributed by atoms with Crippen molar-refractivity contribution in [3.63, 3.8) is 0 Å². The van der Waals surface area contributed by atoms with E-state index in [0.29, 0.717) is 6.04 Å². The third-order valence-corrected chi connectivity index (χ3v) is 5.46. The summed E-state index contributed by atoms with van der Waals surface area (Å²) in [4.78, 5) is 25.9. The number of nitrogens with one attached hydrogen (secondary N) is 1. The molecule has 2 fully saturated rings. The summed E-state index contributed by atoms with van der Waals surface area (Å²) in [6, 6.07) is 10.1. The van der Waals surface area contributed by atoms with Crippen molar-refractivity contribution in [2.24, 2.45) is 0 Å². The quantitative estimate of drug-likeness (QED) is 0.902. The molecule has 142 valence electrons. The molecule has 2 saturated heterocycles. The van der Waals surface area contributed by atoms with Crippen LogP contribution in [0.4, 0.5) is 11.8 Å². The first-order valence-corrected chi connectivity index (χ1v) is 9.89. The van der Waals surface area contributed by atoms with Gasteiger partial charge in [0.2, 0.25) is 5.95 Å². The van der Waals surface area contributed by atoms with Gasteiger partial charge in [-0.25, -0.2) is 4.98 Å². The number of aryl methyl sites for hydroxylation is 1. The number of hydrogen-bond donors (Lipinski definition) is 1. The number of anilines is 2. The van der Waals surface area contributed by atoms with Gasteiger partial charge in [-0.15, -0.1) is 0 Å². The van der Waals surface area contributed by atoms with Crippen LogP contribution in [0.2, 0.25) is 0 Å². The molecule has 0 radical (unpaired) electrons. The lowest BCUT2D eigenvalue weighted by Gasteiger charge is -2.32. The number of likely N-dealkylation sites (tertiary alicyclic amines) is 1. The van der Waals surface area contributed by atoms with Crippen LogP contribution in [0.3, 0.4) is 0 Å². The molecule has 6 heteroatoms. The molecule has 0 atom stereocenters. The molecule has 1 N–H and O–H groups in total. The van der Waals surface area contributed by atoms with E-state index in [4.69, 9.17) is 0 Å². The van der Waals surface area contributed by atoms with Gasteiger partial charge in [0.15, 0.2) is 0 Å². The van der Waals surface area contributed by atoms with Gasteiger partial charge in [-0.2, -0.15) is 4.98 Å². The second-order valence-electron chi connectivity index (χ2n) is 7.51. The summed E-state index contributed by atoms with van der Waals surface area (Å²) < 4.78 is 0. The van der Waals surface area contributed by atoms with Crippen LogP contribution in [0.15, 0.2) is 36.5 Å². The van der Waals surface area contributed by atoms with Gasteiger partial charge in [-0.3, -0.25) is 4.79 Å². The summed E-state index contributed by atoms with van der Waals surface area (Å²) in [5.41, 5.74) is 1.95. The second kappa shape index (κ2) is 7.94. The fourth-order valence-corrected chi connectivity index (χ4v) is 3.81. The molecule has 1 amide bonds. The molecule has 4 rings (SSSR count). The van der Waals surface area contributed by atoms with Crippen molar-refractivity contribution in [2.45, 2.75) is 38.6 Å². The molecule has 0 saturated carbocycles. The normalized spacial score (nSPS) is 18.0. The number of carbonyl (C=O) groups is 1. The number of hydrogen-bond acceptors (Lipinski definition) is 5. The van der Waals surface area contributed by atoms with Crippen molar-refractivity contribution < 1.29 is 4.79 Å². The monoisotopic (exact) mass is 365 g/mol. The van der Waals surface area contributed by atoms with Crippen molar-refractivity contribution >= 4 is 17.7 Å². The van der Waals surface area contributed by atoms with Crippen molar-refractivity contribution in [1.82, 2.24) is 14.9 Å². The lowest BCUT2D eigenvalue weighted by molar-refractivity contribution is 0.0718. The maximum Gasteiger partial charge on any atom is 0.253 e. The minimum atomic E-state index is 0.131. The Kier molecular flexibility index (Phi) is 5.23. The lowest BCUT2D eigenvalue weighted by atomic mass is 10.0. The van der Waals surface area contributed by atoms with Gasteiger partial charge < -0.3 is 15.1 Å². The molecule has 0 bridgehead atoms. The molecule has 0 unspecified atom stereocenters. The minimum absolute atomic E-state index is 0.131. The number of benzene rings is 1. The van der Waals surface area contributed by atoms with Crippen molar-refractivity contribution in [3.8, 4) is 0 Å². The molecule has 27 heavy (non-hydrogen) atoms. The van der Waals surface area contributed by atoms with Gasteiger partial charge in [-0.1, -0.05) is 17.7 Å². The zero-order valence-corrected chi connectivity index (χ0v) is 15.9. The molecular weight excluding hydrogens is 338 g/mol. The minimum Gasteiger partial charge on any atom is -0.367 e. The highest BCUT2D eigenvalue weighted by Gasteiger charge is 2.24. The summed E-state index contributed by atoms with van der Waals surface area (Å²) in [5, 5.41) is 3.54. The molecule has 2 aliphatic rings. The molecule has 0 aliphatic carbocycles. The highest BCUT2D eigenvalue weighted by Crippen LogP contribution is 2.20. The Morgan fingerprint density at radius 3 is 2.44 bits per heavy atom. The third kappa shape index (κ3) is 4.21. The van der Waals surface area contributed by atoms with E-state index in [0.717, 1.165) is 56.4 Å². The van der Waals surface area contributed by atoms with E-state index in [1.165, 1.54) is 18.4 Å². The van der Waals surface area contributed by atoms with Crippen LogP contribution in [0, 0.1) is 6.92 Å². The standard InChI is InChI=1S/C21H27N5O/c1-16-4-6-17(7-5-16)20(27)25-14-9-18(10-15-25)23-19-8-11-22-21(24-19)26-12-2-3-13-26/h4-8,11,18H,2-3,9-10,12-15H2,1H3,(H,22,23,24). The van der Waals surface area contributed by atoms with Crippen LogP contribution in [-0.2, 0) is 0 Å². The number of nitrogens with zero attached hydrogens (tertiary/aromatic N) is 4. The Bertz CT molecular complexity index is 777. The van der Waals surface area contributed by atoms with Crippen LogP contribution < -0.4 is 10.2 Å². The zero-order valence-electron chi connectivity index (χ0n) is 15.9. The predicted octanol–water partition coefficient (Wildman–Crippen LogP) is 3.10. The maximum atomic E-state index is 12.6. The first-order chi connectivity index (χ1) is 13.2. The fraction of sp³-hybridized carbons (Fsp3) is 0.476. The Morgan fingerprint density at radius 1 is 1.04 bits per heavy atom. The predicted molar refractivity (Wildman–Crippen MR) is 107 cm³/mol. The smallest absolute Gasteiger partial charge is 0.253 e. The maximum absolute atomic E-state index is 12.6. The lowest BCUT2D eigenvalue weighted by Crippen LogP contribution is -2.42. The topological polar surface area (TPSA) is 61.4 Å². The molecule has 2 aromatic rings. The van der Waals surface area contributed by atoms with Gasteiger partial charge in [0.25, 0.3) is 5.91 Å². The van der Waals surface area contributed by atoms with Gasteiger partial charge in [-0.05, 0) is 50.8 Å². The molecule has 0 spiro atoms. The van der Waals surface area contributed by atoms with Gasteiger partial charge >= 0.3 is 0 Å². The summed E-state index contributed by atoms with van der Waals surface area (Å²) in [6.07, 6.45) is 6.13. The Balaban J connectivity index is 1.32. The van der Waals surface area contributed by atoms with Crippen molar-refractivity contribution in [2.75, 3.05) is 36.4 Å². The Morgan fingerprint density at radius 2 is 1.74 bits per heavy atom. The number of aromatic nitrogens is 2. The zero-order chi connectivity index (χ0) is 18.6. The summed E-state index contributed by atoms with van der Waals surface area (Å²) >= 11 is 0. The van der Waals surface area contributed by atoms with Crippen LogP contribution >= 0.6 is 0 Å². The molecule has 1 aromatic heterocycles. The van der Waals surface area contributed by atoms with Crippen LogP contribution in [0.5, 0.6) is 0 Å². The first-order valence-electron chi connectivity index (χ1n) is 9.89.